The third-order valence-electron chi connectivity index (χ3n) is 5.41. The lowest BCUT2D eigenvalue weighted by Gasteiger charge is -2.05. The van der Waals surface area contributed by atoms with E-state index in [1.807, 2.05) is 0 Å². The van der Waals surface area contributed by atoms with Crippen LogP contribution < -0.4 is 5.73 Å². The smallest absolute Gasteiger partial charge is 0.00773 e. The van der Waals surface area contributed by atoms with Gasteiger partial charge in [0.2, 0.25) is 0 Å². The molecule has 0 fully saturated rings. The maximum atomic E-state index is 5.51. The van der Waals surface area contributed by atoms with Crippen LogP contribution in [0.2, 0.25) is 0 Å². The number of unbranched alkanes of at least 4 members (excludes halogenated alkanes) is 14. The summed E-state index contributed by atoms with van der Waals surface area (Å²) in [5.74, 6) is 0. The van der Waals surface area contributed by atoms with Gasteiger partial charge in [-0.3, -0.25) is 0 Å². The Labute approximate surface area is 157 Å². The second-order valence-corrected chi connectivity index (χ2v) is 7.77. The zero-order valence-electron chi connectivity index (χ0n) is 16.9. The number of nitrogens with two attached hydrogens (primary N) is 1. The Balaban J connectivity index is 1.75. The van der Waals surface area contributed by atoms with Crippen LogP contribution in [-0.2, 0) is 6.42 Å². The van der Waals surface area contributed by atoms with Crippen LogP contribution in [0.4, 0.5) is 0 Å². The maximum absolute atomic E-state index is 5.51. The molecule has 0 spiro atoms. The van der Waals surface area contributed by atoms with Gasteiger partial charge in [-0.1, -0.05) is 108 Å². The maximum Gasteiger partial charge on any atom is -0.00773 e. The average molecular weight is 346 g/mol. The minimum absolute atomic E-state index is 0.868. The first kappa shape index (κ1) is 22.2. The van der Waals surface area contributed by atoms with E-state index in [2.05, 4.69) is 31.2 Å². The van der Waals surface area contributed by atoms with Crippen LogP contribution in [0.15, 0.2) is 24.3 Å². The zero-order chi connectivity index (χ0) is 18.0. The van der Waals surface area contributed by atoms with Crippen molar-refractivity contribution in [1.29, 1.82) is 0 Å². The predicted octanol–water partition coefficient (Wildman–Crippen LogP) is 7.35. The van der Waals surface area contributed by atoms with Crippen LogP contribution in [0.1, 0.15) is 107 Å². The second-order valence-electron chi connectivity index (χ2n) is 7.77. The fraction of sp³-hybridized carbons (Fsp3) is 0.750. The van der Waals surface area contributed by atoms with Gasteiger partial charge >= 0.3 is 0 Å². The minimum atomic E-state index is 0.868. The molecule has 1 rings (SSSR count). The molecule has 0 amide bonds. The monoisotopic (exact) mass is 345 g/mol. The van der Waals surface area contributed by atoms with Crippen molar-refractivity contribution in [2.75, 3.05) is 6.54 Å². The molecule has 0 saturated heterocycles. The molecule has 0 saturated carbocycles. The number of rotatable bonds is 17. The molecule has 144 valence electrons. The highest BCUT2D eigenvalue weighted by molar-refractivity contribution is 5.25. The van der Waals surface area contributed by atoms with E-state index in [1.54, 1.807) is 5.56 Å². The van der Waals surface area contributed by atoms with Gasteiger partial charge < -0.3 is 5.73 Å². The van der Waals surface area contributed by atoms with Gasteiger partial charge in [0, 0.05) is 0 Å². The van der Waals surface area contributed by atoms with E-state index in [0.717, 1.165) is 6.54 Å². The topological polar surface area (TPSA) is 26.0 Å². The summed E-state index contributed by atoms with van der Waals surface area (Å²) in [5, 5.41) is 0. The van der Waals surface area contributed by atoms with Crippen molar-refractivity contribution in [1.82, 2.24) is 0 Å². The summed E-state index contributed by atoms with van der Waals surface area (Å²) in [6, 6.07) is 8.83. The standard InChI is InChI=1S/C24H43N/c1-23-19-16-17-21-24(23)20-15-13-11-9-7-5-3-2-4-6-8-10-12-14-18-22-25/h16-17,19,21H,2-15,18,20,22,25H2,1H3. The summed E-state index contributed by atoms with van der Waals surface area (Å²) >= 11 is 0. The van der Waals surface area contributed by atoms with E-state index in [0.29, 0.717) is 0 Å². The van der Waals surface area contributed by atoms with E-state index in [-0.39, 0.29) is 0 Å². The van der Waals surface area contributed by atoms with E-state index in [9.17, 15) is 0 Å². The third kappa shape index (κ3) is 13.1. The molecule has 0 atom stereocenters. The van der Waals surface area contributed by atoms with Gasteiger partial charge in [-0.25, -0.2) is 0 Å². The number of hydrogen-bond donors (Lipinski definition) is 1. The van der Waals surface area contributed by atoms with Crippen molar-refractivity contribution >= 4 is 0 Å². The largest absolute Gasteiger partial charge is 0.330 e. The molecular formula is C24H43N. The Morgan fingerprint density at radius 2 is 0.960 bits per heavy atom. The molecule has 1 aromatic rings. The van der Waals surface area contributed by atoms with Crippen LogP contribution in [-0.4, -0.2) is 6.54 Å². The van der Waals surface area contributed by atoms with Crippen LogP contribution in [0, 0.1) is 6.92 Å². The van der Waals surface area contributed by atoms with Crippen LogP contribution in [0.25, 0.3) is 0 Å². The molecule has 0 aliphatic carbocycles. The van der Waals surface area contributed by atoms with Gasteiger partial charge in [-0.05, 0) is 43.9 Å². The molecule has 0 aliphatic heterocycles. The number of hydrogen-bond acceptors (Lipinski definition) is 1. The summed E-state index contributed by atoms with van der Waals surface area (Å²) in [4.78, 5) is 0. The molecule has 25 heavy (non-hydrogen) atoms. The fourth-order valence-corrected chi connectivity index (χ4v) is 3.65. The molecule has 0 aromatic heterocycles. The number of benzene rings is 1. The van der Waals surface area contributed by atoms with E-state index < -0.39 is 0 Å². The molecule has 0 heterocycles. The molecule has 0 radical (unpaired) electrons. The summed E-state index contributed by atoms with van der Waals surface area (Å²) in [6.07, 6.45) is 22.4. The summed E-state index contributed by atoms with van der Waals surface area (Å²) in [7, 11) is 0. The Bertz CT molecular complexity index is 399. The molecule has 1 nitrogen and oxygen atoms in total. The molecule has 0 aliphatic rings. The third-order valence-corrected chi connectivity index (χ3v) is 5.41. The van der Waals surface area contributed by atoms with Crippen molar-refractivity contribution in [2.45, 2.75) is 110 Å². The van der Waals surface area contributed by atoms with Crippen LogP contribution in [0.5, 0.6) is 0 Å². The van der Waals surface area contributed by atoms with Crippen molar-refractivity contribution in [3.05, 3.63) is 35.4 Å². The van der Waals surface area contributed by atoms with E-state index in [4.69, 9.17) is 5.73 Å². The van der Waals surface area contributed by atoms with Gasteiger partial charge in [0.25, 0.3) is 0 Å². The molecule has 1 aromatic carbocycles. The Morgan fingerprint density at radius 3 is 1.40 bits per heavy atom. The molecule has 1 heteroatoms. The van der Waals surface area contributed by atoms with Crippen molar-refractivity contribution in [3.63, 3.8) is 0 Å². The Hall–Kier alpha value is -0.820. The van der Waals surface area contributed by atoms with E-state index >= 15 is 0 Å². The molecule has 0 bridgehead atoms. The van der Waals surface area contributed by atoms with Gasteiger partial charge in [0.1, 0.15) is 0 Å². The zero-order valence-corrected chi connectivity index (χ0v) is 16.9. The first-order valence-electron chi connectivity index (χ1n) is 11.1. The first-order valence-corrected chi connectivity index (χ1v) is 11.1. The lowest BCUT2D eigenvalue weighted by molar-refractivity contribution is 0.531. The van der Waals surface area contributed by atoms with Gasteiger partial charge in [-0.15, -0.1) is 0 Å². The Kier molecular flexibility index (Phi) is 14.8. The SMILES string of the molecule is Cc1ccccc1CCCCCCCCCCCCCCCCCN. The van der Waals surface area contributed by atoms with Crippen molar-refractivity contribution in [2.24, 2.45) is 5.73 Å². The van der Waals surface area contributed by atoms with E-state index in [1.165, 1.54) is 108 Å². The molecule has 2 N–H and O–H groups in total. The minimum Gasteiger partial charge on any atom is -0.330 e. The highest BCUT2D eigenvalue weighted by atomic mass is 14.5. The van der Waals surface area contributed by atoms with Crippen molar-refractivity contribution in [3.8, 4) is 0 Å². The van der Waals surface area contributed by atoms with Gasteiger partial charge in [0.15, 0.2) is 0 Å². The average Bonchev–Trinajstić information content (AvgIpc) is 2.63. The van der Waals surface area contributed by atoms with Crippen molar-refractivity contribution < 1.29 is 0 Å². The quantitative estimate of drug-likeness (QED) is 0.293. The predicted molar refractivity (Wildman–Crippen MR) is 113 cm³/mol. The molecular weight excluding hydrogens is 302 g/mol. The summed E-state index contributed by atoms with van der Waals surface area (Å²) in [6.45, 7) is 3.10. The van der Waals surface area contributed by atoms with Crippen LogP contribution >= 0.6 is 0 Å². The second kappa shape index (κ2) is 16.6. The molecule has 0 unspecified atom stereocenters. The van der Waals surface area contributed by atoms with Gasteiger partial charge in [0.05, 0.1) is 0 Å². The highest BCUT2D eigenvalue weighted by Crippen LogP contribution is 2.15. The fourth-order valence-electron chi connectivity index (χ4n) is 3.65. The normalized spacial score (nSPS) is 11.1. The van der Waals surface area contributed by atoms with Gasteiger partial charge in [-0.2, -0.15) is 0 Å². The van der Waals surface area contributed by atoms with Crippen LogP contribution in [0.3, 0.4) is 0 Å². The lowest BCUT2D eigenvalue weighted by atomic mass is 10.0. The summed E-state index contributed by atoms with van der Waals surface area (Å²) < 4.78 is 0. The first-order chi connectivity index (χ1) is 12.3. The highest BCUT2D eigenvalue weighted by Gasteiger charge is 1.97. The lowest BCUT2D eigenvalue weighted by Crippen LogP contribution is -1.97. The number of aryl methyl sites for hydroxylation is 2. The Morgan fingerprint density at radius 1 is 0.560 bits per heavy atom. The summed E-state index contributed by atoms with van der Waals surface area (Å²) in [5.41, 5.74) is 8.51.